The minimum atomic E-state index is -0.0764. The van der Waals surface area contributed by atoms with Crippen LogP contribution in [0.2, 0.25) is 0 Å². The lowest BCUT2D eigenvalue weighted by atomic mass is 10.3. The average molecular weight is 272 g/mol. The topological polar surface area (TPSA) is 72.8 Å². The first-order chi connectivity index (χ1) is 9.66. The summed E-state index contributed by atoms with van der Waals surface area (Å²) >= 11 is 0. The number of hydrazine groups is 1. The normalized spacial score (nSPS) is 13.4. The van der Waals surface area contributed by atoms with Gasteiger partial charge in [0.25, 0.3) is 0 Å². The smallest absolute Gasteiger partial charge is 0.240 e. The number of aromatic hydroxyl groups is 2. The molecule has 0 bridgehead atoms. The Morgan fingerprint density at radius 2 is 1.45 bits per heavy atom. The van der Waals surface area contributed by atoms with Crippen LogP contribution in [0.1, 0.15) is 6.42 Å². The van der Waals surface area contributed by atoms with Crippen LogP contribution in [0.3, 0.4) is 0 Å². The first-order valence-corrected chi connectivity index (χ1v) is 6.26. The van der Waals surface area contributed by atoms with Gasteiger partial charge in [-0.25, -0.2) is 0 Å². The monoisotopic (exact) mass is 272 g/mol. The van der Waals surface area contributed by atoms with Crippen molar-refractivity contribution in [3.63, 3.8) is 0 Å². The highest BCUT2D eigenvalue weighted by atomic mass is 16.3. The maximum Gasteiger partial charge on any atom is 0.240 e. The number of amides is 1. The molecule has 0 spiro atoms. The maximum absolute atomic E-state index is 10.9. The van der Waals surface area contributed by atoms with Crippen molar-refractivity contribution < 1.29 is 15.0 Å². The molecule has 0 atom stereocenters. The fourth-order valence-electron chi connectivity index (χ4n) is 1.74. The van der Waals surface area contributed by atoms with Crippen LogP contribution in [0.15, 0.2) is 54.6 Å². The van der Waals surface area contributed by atoms with E-state index in [0.717, 1.165) is 12.2 Å². The Morgan fingerprint density at radius 1 is 0.900 bits per heavy atom. The summed E-state index contributed by atoms with van der Waals surface area (Å²) in [6, 6.07) is 16.0. The van der Waals surface area contributed by atoms with E-state index in [1.54, 1.807) is 12.1 Å². The number of rotatable bonds is 1. The van der Waals surface area contributed by atoms with Crippen molar-refractivity contribution in [3.8, 4) is 11.5 Å². The molecule has 5 nitrogen and oxygen atoms in total. The highest BCUT2D eigenvalue weighted by Gasteiger charge is 2.17. The van der Waals surface area contributed by atoms with Crippen molar-refractivity contribution in [2.75, 3.05) is 11.6 Å². The summed E-state index contributed by atoms with van der Waals surface area (Å²) < 4.78 is 0. The van der Waals surface area contributed by atoms with Crippen LogP contribution in [-0.2, 0) is 4.79 Å². The first kappa shape index (κ1) is 13.7. The van der Waals surface area contributed by atoms with Gasteiger partial charge in [0.2, 0.25) is 5.91 Å². The maximum atomic E-state index is 10.9. The number of para-hydroxylation sites is 3. The molecule has 20 heavy (non-hydrogen) atoms. The average Bonchev–Trinajstić information content (AvgIpc) is 2.91. The third-order valence-corrected chi connectivity index (χ3v) is 2.77. The van der Waals surface area contributed by atoms with Crippen molar-refractivity contribution in [3.05, 3.63) is 54.6 Å². The lowest BCUT2D eigenvalue weighted by Gasteiger charge is -2.16. The van der Waals surface area contributed by atoms with Crippen LogP contribution in [0.4, 0.5) is 5.69 Å². The zero-order valence-electron chi connectivity index (χ0n) is 10.9. The molecule has 2 aromatic rings. The second-order valence-electron chi connectivity index (χ2n) is 4.26. The Bertz CT molecular complexity index is 551. The quantitative estimate of drug-likeness (QED) is 0.694. The second kappa shape index (κ2) is 6.47. The summed E-state index contributed by atoms with van der Waals surface area (Å²) in [5, 5.41) is 19.2. The molecule has 0 saturated carbocycles. The summed E-state index contributed by atoms with van der Waals surface area (Å²) in [5.74, 6) is -0.0566. The Morgan fingerprint density at radius 3 is 1.90 bits per heavy atom. The molecule has 0 unspecified atom stereocenters. The molecule has 3 rings (SSSR count). The van der Waals surface area contributed by atoms with E-state index >= 15 is 0 Å². The third kappa shape index (κ3) is 3.65. The molecular weight excluding hydrogens is 256 g/mol. The largest absolute Gasteiger partial charge is 0.504 e. The summed E-state index contributed by atoms with van der Waals surface area (Å²) in [5.41, 5.74) is 3.81. The number of phenolic OH excluding ortho intramolecular Hbond substituents is 2. The van der Waals surface area contributed by atoms with E-state index in [4.69, 9.17) is 10.2 Å². The van der Waals surface area contributed by atoms with Gasteiger partial charge in [0, 0.05) is 13.0 Å². The molecule has 1 amide bonds. The van der Waals surface area contributed by atoms with E-state index in [9.17, 15) is 4.79 Å². The molecule has 5 heteroatoms. The number of nitrogens with one attached hydrogen (secondary N) is 1. The number of nitrogens with zero attached hydrogens (tertiary/aromatic N) is 1. The van der Waals surface area contributed by atoms with E-state index in [1.807, 2.05) is 35.3 Å². The molecule has 2 aromatic carbocycles. The summed E-state index contributed by atoms with van der Waals surface area (Å²) in [6.45, 7) is 0.767. The Kier molecular flexibility index (Phi) is 4.44. The minimum Gasteiger partial charge on any atom is -0.504 e. The number of hydrogen-bond donors (Lipinski definition) is 3. The van der Waals surface area contributed by atoms with E-state index < -0.39 is 0 Å². The Labute approximate surface area is 117 Å². The number of carbonyl (C=O) groups is 1. The van der Waals surface area contributed by atoms with Gasteiger partial charge in [-0.1, -0.05) is 30.3 Å². The second-order valence-corrected chi connectivity index (χ2v) is 4.26. The fraction of sp³-hybridized carbons (Fsp3) is 0.133. The van der Waals surface area contributed by atoms with E-state index in [0.29, 0.717) is 6.42 Å². The minimum absolute atomic E-state index is 0.0764. The van der Waals surface area contributed by atoms with E-state index in [2.05, 4.69) is 5.43 Å². The van der Waals surface area contributed by atoms with Crippen molar-refractivity contribution in [1.82, 2.24) is 5.43 Å². The lowest BCUT2D eigenvalue weighted by Crippen LogP contribution is -2.32. The Hall–Kier alpha value is -2.69. The lowest BCUT2D eigenvalue weighted by molar-refractivity contribution is -0.119. The number of anilines is 1. The molecule has 1 aliphatic heterocycles. The van der Waals surface area contributed by atoms with Crippen molar-refractivity contribution in [1.29, 1.82) is 0 Å². The molecule has 104 valence electrons. The molecule has 0 aliphatic carbocycles. The third-order valence-electron chi connectivity index (χ3n) is 2.77. The standard InChI is InChI=1S/C9H10N2O.C6H6O2/c12-9-6-7-11(10-9)8-4-2-1-3-5-8;7-5-3-1-2-4-6(5)8/h1-5H,6-7H2,(H,10,12);1-4,7-8H. The van der Waals surface area contributed by atoms with Gasteiger partial charge >= 0.3 is 0 Å². The van der Waals surface area contributed by atoms with Gasteiger partial charge in [0.15, 0.2) is 11.5 Å². The van der Waals surface area contributed by atoms with Crippen LogP contribution >= 0.6 is 0 Å². The molecule has 0 aromatic heterocycles. The predicted octanol–water partition coefficient (Wildman–Crippen LogP) is 2.03. The Balaban J connectivity index is 0.000000160. The van der Waals surface area contributed by atoms with Crippen LogP contribution in [-0.4, -0.2) is 22.7 Å². The molecule has 0 radical (unpaired) electrons. The van der Waals surface area contributed by atoms with Gasteiger partial charge < -0.3 is 10.2 Å². The van der Waals surface area contributed by atoms with Gasteiger partial charge in [-0.2, -0.15) is 0 Å². The van der Waals surface area contributed by atoms with Gasteiger partial charge in [-0.3, -0.25) is 15.2 Å². The molecule has 1 saturated heterocycles. The molecule has 1 heterocycles. The van der Waals surface area contributed by atoms with Crippen LogP contribution in [0.5, 0.6) is 11.5 Å². The van der Waals surface area contributed by atoms with E-state index in [1.165, 1.54) is 12.1 Å². The number of phenols is 2. The van der Waals surface area contributed by atoms with Gasteiger partial charge in [-0.05, 0) is 24.3 Å². The van der Waals surface area contributed by atoms with Crippen LogP contribution < -0.4 is 10.4 Å². The van der Waals surface area contributed by atoms with Crippen LogP contribution in [0, 0.1) is 0 Å². The van der Waals surface area contributed by atoms with E-state index in [-0.39, 0.29) is 17.4 Å². The van der Waals surface area contributed by atoms with Gasteiger partial charge in [-0.15, -0.1) is 0 Å². The zero-order valence-corrected chi connectivity index (χ0v) is 10.9. The molecule has 1 aliphatic rings. The fourth-order valence-corrected chi connectivity index (χ4v) is 1.74. The zero-order chi connectivity index (χ0) is 14.4. The highest BCUT2D eigenvalue weighted by molar-refractivity contribution is 5.81. The summed E-state index contributed by atoms with van der Waals surface area (Å²) in [4.78, 5) is 10.9. The first-order valence-electron chi connectivity index (χ1n) is 6.26. The molecule has 1 fully saturated rings. The highest BCUT2D eigenvalue weighted by Crippen LogP contribution is 2.21. The number of carbonyl (C=O) groups excluding carboxylic acids is 1. The van der Waals surface area contributed by atoms with Gasteiger partial charge in [0.05, 0.1) is 5.69 Å². The van der Waals surface area contributed by atoms with Crippen LogP contribution in [0.25, 0.3) is 0 Å². The summed E-state index contributed by atoms with van der Waals surface area (Å²) in [6.07, 6.45) is 0.592. The molecular formula is C15H16N2O3. The SMILES string of the molecule is O=C1CCN(c2ccccc2)N1.Oc1ccccc1O. The summed E-state index contributed by atoms with van der Waals surface area (Å²) in [7, 11) is 0. The van der Waals surface area contributed by atoms with Crippen molar-refractivity contribution >= 4 is 11.6 Å². The molecule has 3 N–H and O–H groups in total. The number of hydrogen-bond acceptors (Lipinski definition) is 4. The number of benzene rings is 2. The van der Waals surface area contributed by atoms with Crippen molar-refractivity contribution in [2.45, 2.75) is 6.42 Å². The van der Waals surface area contributed by atoms with Gasteiger partial charge in [0.1, 0.15) is 0 Å². The predicted molar refractivity (Wildman–Crippen MR) is 76.3 cm³/mol. The van der Waals surface area contributed by atoms with Crippen molar-refractivity contribution in [2.24, 2.45) is 0 Å².